The first kappa shape index (κ1) is 16.4. The van der Waals surface area contributed by atoms with Gasteiger partial charge in [-0.25, -0.2) is 0 Å². The van der Waals surface area contributed by atoms with E-state index in [1.807, 2.05) is 16.4 Å². The normalized spacial score (nSPS) is 13.9. The molecule has 0 aliphatic carbocycles. The Hall–Kier alpha value is -1.46. The fourth-order valence-corrected chi connectivity index (χ4v) is 4.38. The highest BCUT2D eigenvalue weighted by Gasteiger charge is 2.25. The van der Waals surface area contributed by atoms with E-state index in [-0.39, 0.29) is 0 Å². The minimum atomic E-state index is 0.962. The van der Waals surface area contributed by atoms with Crippen LogP contribution in [-0.2, 0) is 13.6 Å². The second kappa shape index (κ2) is 6.97. The molecular formula is C18H26N4S. The van der Waals surface area contributed by atoms with Crippen molar-refractivity contribution in [2.45, 2.75) is 37.2 Å². The lowest BCUT2D eigenvalue weighted by Gasteiger charge is -2.27. The molecule has 4 nitrogen and oxygen atoms in total. The van der Waals surface area contributed by atoms with Gasteiger partial charge in [-0.2, -0.15) is 5.10 Å². The summed E-state index contributed by atoms with van der Waals surface area (Å²) in [6, 6.07) is 8.74. The molecule has 0 N–H and O–H groups in total. The maximum Gasteiger partial charge on any atom is 0.122 e. The van der Waals surface area contributed by atoms with Gasteiger partial charge in [-0.3, -0.25) is 4.68 Å². The highest BCUT2D eigenvalue weighted by atomic mass is 32.2. The standard InChI is InChI=1S/C18H26N4S/c1-5-21(6-2)11-12-22-13-15-9-7-8-10-16(15)23-18-17(22)14(3)19-20(18)4/h7-10H,5-6,11-13H2,1-4H3. The lowest BCUT2D eigenvalue weighted by molar-refractivity contribution is 0.309. The summed E-state index contributed by atoms with van der Waals surface area (Å²) in [6.45, 7) is 11.9. The Labute approximate surface area is 143 Å². The molecule has 0 saturated heterocycles. The largest absolute Gasteiger partial charge is 0.362 e. The number of hydrogen-bond acceptors (Lipinski definition) is 4. The van der Waals surface area contributed by atoms with Crippen molar-refractivity contribution in [2.24, 2.45) is 7.05 Å². The van der Waals surface area contributed by atoms with Crippen molar-refractivity contribution in [3.63, 3.8) is 0 Å². The van der Waals surface area contributed by atoms with Crippen LogP contribution in [0, 0.1) is 6.92 Å². The topological polar surface area (TPSA) is 24.3 Å². The molecule has 0 unspecified atom stereocenters. The van der Waals surface area contributed by atoms with E-state index in [9.17, 15) is 0 Å². The van der Waals surface area contributed by atoms with Gasteiger partial charge < -0.3 is 9.80 Å². The number of aromatic nitrogens is 2. The molecule has 1 aromatic carbocycles. The van der Waals surface area contributed by atoms with Crippen LogP contribution in [0.15, 0.2) is 34.2 Å². The first-order valence-corrected chi connectivity index (χ1v) is 9.22. The molecule has 3 rings (SSSR count). The van der Waals surface area contributed by atoms with Crippen LogP contribution >= 0.6 is 11.8 Å². The molecule has 23 heavy (non-hydrogen) atoms. The van der Waals surface area contributed by atoms with Gasteiger partial charge in [-0.15, -0.1) is 0 Å². The van der Waals surface area contributed by atoms with Gasteiger partial charge in [0.1, 0.15) is 5.03 Å². The molecule has 0 radical (unpaired) electrons. The van der Waals surface area contributed by atoms with Crippen LogP contribution in [0.2, 0.25) is 0 Å². The van der Waals surface area contributed by atoms with Crippen molar-refractivity contribution in [3.05, 3.63) is 35.5 Å². The Balaban J connectivity index is 1.94. The number of aryl methyl sites for hydroxylation is 2. The number of hydrogen-bond donors (Lipinski definition) is 0. The summed E-state index contributed by atoms with van der Waals surface area (Å²) >= 11 is 1.85. The summed E-state index contributed by atoms with van der Waals surface area (Å²) in [7, 11) is 2.05. The van der Waals surface area contributed by atoms with E-state index in [2.05, 4.69) is 67.0 Å². The van der Waals surface area contributed by atoms with Crippen molar-refractivity contribution in [1.82, 2.24) is 14.7 Å². The molecule has 0 atom stereocenters. The summed E-state index contributed by atoms with van der Waals surface area (Å²) in [5.74, 6) is 0. The quantitative estimate of drug-likeness (QED) is 0.837. The van der Waals surface area contributed by atoms with E-state index in [4.69, 9.17) is 0 Å². The molecule has 0 saturated carbocycles. The minimum absolute atomic E-state index is 0.962. The van der Waals surface area contributed by atoms with Gasteiger partial charge in [0.15, 0.2) is 0 Å². The second-order valence-electron chi connectivity index (χ2n) is 6.02. The molecule has 1 aliphatic rings. The molecule has 0 bridgehead atoms. The number of rotatable bonds is 5. The van der Waals surface area contributed by atoms with E-state index in [0.29, 0.717) is 0 Å². The Bertz CT molecular complexity index is 676. The third kappa shape index (κ3) is 3.26. The van der Waals surface area contributed by atoms with E-state index < -0.39 is 0 Å². The second-order valence-corrected chi connectivity index (χ2v) is 7.05. The first-order valence-electron chi connectivity index (χ1n) is 8.40. The third-order valence-corrected chi connectivity index (χ3v) is 5.85. The van der Waals surface area contributed by atoms with Gasteiger partial charge >= 0.3 is 0 Å². The Morgan fingerprint density at radius 3 is 2.70 bits per heavy atom. The number of likely N-dealkylation sites (N-methyl/N-ethyl adjacent to an activating group) is 1. The van der Waals surface area contributed by atoms with Crippen molar-refractivity contribution in [3.8, 4) is 0 Å². The Morgan fingerprint density at radius 1 is 1.22 bits per heavy atom. The molecular weight excluding hydrogens is 304 g/mol. The van der Waals surface area contributed by atoms with Gasteiger partial charge in [-0.1, -0.05) is 43.8 Å². The van der Waals surface area contributed by atoms with Crippen molar-refractivity contribution in [1.29, 1.82) is 0 Å². The van der Waals surface area contributed by atoms with Crippen molar-refractivity contribution in [2.75, 3.05) is 31.1 Å². The zero-order chi connectivity index (χ0) is 16.4. The summed E-state index contributed by atoms with van der Waals surface area (Å²) in [4.78, 5) is 6.34. The summed E-state index contributed by atoms with van der Waals surface area (Å²) in [5, 5.41) is 5.92. The zero-order valence-electron chi connectivity index (χ0n) is 14.5. The lowest BCUT2D eigenvalue weighted by atomic mass is 10.2. The predicted octanol–water partition coefficient (Wildman–Crippen LogP) is 3.54. The predicted molar refractivity (Wildman–Crippen MR) is 97.3 cm³/mol. The van der Waals surface area contributed by atoms with E-state index in [1.54, 1.807) is 0 Å². The van der Waals surface area contributed by atoms with Gasteiger partial charge in [0.25, 0.3) is 0 Å². The van der Waals surface area contributed by atoms with Crippen LogP contribution in [0.3, 0.4) is 0 Å². The molecule has 0 fully saturated rings. The van der Waals surface area contributed by atoms with Crippen LogP contribution in [0.5, 0.6) is 0 Å². The summed E-state index contributed by atoms with van der Waals surface area (Å²) < 4.78 is 2.03. The summed E-state index contributed by atoms with van der Waals surface area (Å²) in [5.41, 5.74) is 3.84. The molecule has 1 aliphatic heterocycles. The zero-order valence-corrected chi connectivity index (χ0v) is 15.4. The van der Waals surface area contributed by atoms with Gasteiger partial charge in [0.2, 0.25) is 0 Å². The SMILES string of the molecule is CCN(CC)CCN1Cc2ccccc2Sc2c1c(C)nn2C. The molecule has 5 heteroatoms. The van der Waals surface area contributed by atoms with E-state index in [0.717, 1.165) is 38.4 Å². The number of fused-ring (bicyclic) bond motifs is 2. The number of anilines is 1. The van der Waals surface area contributed by atoms with E-state index in [1.165, 1.54) is 21.2 Å². The monoisotopic (exact) mass is 330 g/mol. The fraction of sp³-hybridized carbons (Fsp3) is 0.500. The number of nitrogens with zero attached hydrogens (tertiary/aromatic N) is 4. The maximum absolute atomic E-state index is 4.67. The van der Waals surface area contributed by atoms with Crippen LogP contribution in [-0.4, -0.2) is 40.9 Å². The van der Waals surface area contributed by atoms with Gasteiger partial charge in [0.05, 0.1) is 11.4 Å². The molecule has 0 spiro atoms. The molecule has 124 valence electrons. The van der Waals surface area contributed by atoms with Gasteiger partial charge in [-0.05, 0) is 31.6 Å². The highest BCUT2D eigenvalue weighted by molar-refractivity contribution is 7.99. The van der Waals surface area contributed by atoms with Crippen LogP contribution in [0.1, 0.15) is 25.1 Å². The fourth-order valence-electron chi connectivity index (χ4n) is 3.22. The van der Waals surface area contributed by atoms with Crippen molar-refractivity contribution >= 4 is 17.4 Å². The lowest BCUT2D eigenvalue weighted by Crippen LogP contribution is -2.35. The smallest absolute Gasteiger partial charge is 0.122 e. The molecule has 0 amide bonds. The maximum atomic E-state index is 4.67. The minimum Gasteiger partial charge on any atom is -0.362 e. The van der Waals surface area contributed by atoms with Crippen LogP contribution in [0.25, 0.3) is 0 Å². The Morgan fingerprint density at radius 2 is 1.96 bits per heavy atom. The van der Waals surface area contributed by atoms with Crippen LogP contribution < -0.4 is 4.90 Å². The van der Waals surface area contributed by atoms with Crippen molar-refractivity contribution < 1.29 is 0 Å². The first-order chi connectivity index (χ1) is 11.1. The highest BCUT2D eigenvalue weighted by Crippen LogP contribution is 2.42. The van der Waals surface area contributed by atoms with Crippen LogP contribution in [0.4, 0.5) is 5.69 Å². The Kier molecular flexibility index (Phi) is 4.97. The average molecular weight is 331 g/mol. The third-order valence-electron chi connectivity index (χ3n) is 4.58. The average Bonchev–Trinajstić information content (AvgIpc) is 2.73. The summed E-state index contributed by atoms with van der Waals surface area (Å²) in [6.07, 6.45) is 0. The molecule has 2 aromatic rings. The number of benzene rings is 1. The molecule has 1 aromatic heterocycles. The molecule has 2 heterocycles. The van der Waals surface area contributed by atoms with E-state index >= 15 is 0 Å². The van der Waals surface area contributed by atoms with Gasteiger partial charge in [0, 0.05) is 31.6 Å².